The van der Waals surface area contributed by atoms with Crippen molar-refractivity contribution >= 4 is 23.7 Å². The molecule has 3 aliphatic heterocycles. The second kappa shape index (κ2) is 15.3. The van der Waals surface area contributed by atoms with E-state index in [1.165, 1.54) is 0 Å². The van der Waals surface area contributed by atoms with Crippen LogP contribution in [0, 0.1) is 11.8 Å². The molecule has 0 aromatic carbocycles. The molecular formula is C33H51N3O7. The Hall–Kier alpha value is -2.72. The van der Waals surface area contributed by atoms with E-state index < -0.39 is 41.7 Å². The molecule has 3 amide bonds. The number of nitrogens with zero attached hydrogens (tertiary/aromatic N) is 2. The number of carbonyl (C=O) groups excluding carboxylic acids is 4. The van der Waals surface area contributed by atoms with E-state index in [-0.39, 0.29) is 36.9 Å². The molecule has 3 saturated heterocycles. The maximum Gasteiger partial charge on any atom is 0.312 e. The third-order valence-electron chi connectivity index (χ3n) is 9.72. The highest BCUT2D eigenvalue weighted by atomic mass is 16.6. The number of allylic oxidation sites excluding steroid dienone is 1. The first-order chi connectivity index (χ1) is 20.8. The van der Waals surface area contributed by atoms with Crippen LogP contribution in [-0.4, -0.2) is 94.7 Å². The van der Waals surface area contributed by atoms with Crippen molar-refractivity contribution in [1.82, 2.24) is 15.1 Å². The number of esters is 1. The molecule has 2 bridgehead atoms. The minimum Gasteiger partial charge on any atom is -0.460 e. The first-order valence-corrected chi connectivity index (χ1v) is 16.4. The van der Waals surface area contributed by atoms with E-state index in [0.29, 0.717) is 51.6 Å². The molecule has 3 heterocycles. The first-order valence-electron chi connectivity index (χ1n) is 16.4. The summed E-state index contributed by atoms with van der Waals surface area (Å²) in [5.41, 5.74) is -1.07. The van der Waals surface area contributed by atoms with E-state index in [2.05, 4.69) is 18.5 Å². The molecule has 1 spiro atoms. The van der Waals surface area contributed by atoms with Crippen LogP contribution in [0.2, 0.25) is 0 Å². The molecule has 1 saturated carbocycles. The molecule has 1 aliphatic carbocycles. The summed E-state index contributed by atoms with van der Waals surface area (Å²) in [7, 11) is 0. The number of amides is 3. The predicted octanol–water partition coefficient (Wildman–Crippen LogP) is 3.28. The van der Waals surface area contributed by atoms with E-state index in [4.69, 9.17) is 9.47 Å². The van der Waals surface area contributed by atoms with Gasteiger partial charge in [0.25, 0.3) is 0 Å². The van der Waals surface area contributed by atoms with Gasteiger partial charge in [-0.15, -0.1) is 13.2 Å². The van der Waals surface area contributed by atoms with Crippen LogP contribution in [-0.2, 0) is 28.7 Å². The van der Waals surface area contributed by atoms with Crippen molar-refractivity contribution in [3.8, 4) is 0 Å². The van der Waals surface area contributed by atoms with Crippen LogP contribution in [0.3, 0.4) is 0 Å². The molecule has 4 aliphatic rings. The Morgan fingerprint density at radius 1 is 1.14 bits per heavy atom. The minimum atomic E-state index is -1.07. The average molecular weight is 602 g/mol. The van der Waals surface area contributed by atoms with Crippen molar-refractivity contribution in [3.63, 3.8) is 0 Å². The lowest BCUT2D eigenvalue weighted by Crippen LogP contribution is -2.58. The third-order valence-corrected chi connectivity index (χ3v) is 9.72. The smallest absolute Gasteiger partial charge is 0.312 e. The van der Waals surface area contributed by atoms with E-state index in [1.54, 1.807) is 24.0 Å². The van der Waals surface area contributed by atoms with Crippen molar-refractivity contribution in [1.29, 1.82) is 0 Å². The second-order valence-electron chi connectivity index (χ2n) is 12.7. The molecule has 0 aromatic heterocycles. The van der Waals surface area contributed by atoms with Gasteiger partial charge >= 0.3 is 5.97 Å². The minimum absolute atomic E-state index is 0.0955. The van der Waals surface area contributed by atoms with Crippen LogP contribution in [0.25, 0.3) is 0 Å². The zero-order chi connectivity index (χ0) is 31.0. The topological polar surface area (TPSA) is 125 Å². The summed E-state index contributed by atoms with van der Waals surface area (Å²) in [6.07, 6.45) is 12.6. The monoisotopic (exact) mass is 601 g/mol. The van der Waals surface area contributed by atoms with Gasteiger partial charge in [0.05, 0.1) is 24.5 Å². The third kappa shape index (κ3) is 7.17. The molecular weight excluding hydrogens is 550 g/mol. The Kier molecular flexibility index (Phi) is 11.8. The number of fused-ring (bicyclic) bond motifs is 1. The normalized spacial score (nSPS) is 28.8. The zero-order valence-electron chi connectivity index (χ0n) is 25.8. The van der Waals surface area contributed by atoms with Gasteiger partial charge < -0.3 is 29.7 Å². The Balaban J connectivity index is 1.54. The predicted molar refractivity (Wildman–Crippen MR) is 162 cm³/mol. The number of hydrogen-bond donors (Lipinski definition) is 2. The molecule has 4 fully saturated rings. The van der Waals surface area contributed by atoms with Crippen LogP contribution in [0.5, 0.6) is 0 Å². The number of likely N-dealkylation sites (tertiary alicyclic amines) is 1. The fourth-order valence-corrected chi connectivity index (χ4v) is 7.69. The van der Waals surface area contributed by atoms with Crippen molar-refractivity contribution in [3.05, 3.63) is 25.3 Å². The van der Waals surface area contributed by atoms with E-state index >= 15 is 0 Å². The molecule has 0 radical (unpaired) electrons. The highest BCUT2D eigenvalue weighted by Crippen LogP contribution is 2.59. The number of aliphatic hydroxyl groups is 1. The maximum atomic E-state index is 14.5. The van der Waals surface area contributed by atoms with Gasteiger partial charge in [-0.05, 0) is 51.9 Å². The number of carbonyl (C=O) groups is 4. The van der Waals surface area contributed by atoms with Gasteiger partial charge in [-0.25, -0.2) is 0 Å². The lowest BCUT2D eigenvalue weighted by atomic mass is 9.70. The number of nitrogens with one attached hydrogen (secondary N) is 1. The van der Waals surface area contributed by atoms with Crippen LogP contribution in [0.15, 0.2) is 25.3 Å². The highest BCUT2D eigenvalue weighted by Gasteiger charge is 2.75. The standard InChI is InChI=1S/C33H51N3O7/c1-4-6-16-26(38)34-22-23(3)42-32(41)27-25-17-18-33(43-25)28(27)30(39)36(20-12-7-8-13-21-37)29(33)31(40)35(19-5-2)24-14-10-9-11-15-24/h4-5,23-25,27-29,37H,1-2,6-22H2,3H3,(H,34,38)/t23-,25-,27+,28+,29-,33+/m1/s1. The fraction of sp³-hybridized carbons (Fsp3) is 0.758. The van der Waals surface area contributed by atoms with Crippen molar-refractivity contribution in [2.45, 2.75) is 120 Å². The van der Waals surface area contributed by atoms with Gasteiger partial charge in [0.2, 0.25) is 17.7 Å². The maximum absolute atomic E-state index is 14.5. The van der Waals surface area contributed by atoms with Gasteiger partial charge in [0, 0.05) is 32.2 Å². The Morgan fingerprint density at radius 2 is 1.88 bits per heavy atom. The molecule has 10 heteroatoms. The molecule has 0 unspecified atom stereocenters. The van der Waals surface area contributed by atoms with Gasteiger partial charge in [-0.1, -0.05) is 44.3 Å². The van der Waals surface area contributed by atoms with Crippen molar-refractivity contribution < 1.29 is 33.8 Å². The first kappa shape index (κ1) is 33.2. The van der Waals surface area contributed by atoms with Gasteiger partial charge in [0.15, 0.2) is 0 Å². The number of hydrogen-bond acceptors (Lipinski definition) is 7. The molecule has 240 valence electrons. The van der Waals surface area contributed by atoms with Gasteiger partial charge in [0.1, 0.15) is 17.7 Å². The summed E-state index contributed by atoms with van der Waals surface area (Å²) in [4.78, 5) is 58.0. The Labute approximate surface area is 256 Å². The van der Waals surface area contributed by atoms with Gasteiger partial charge in [-0.2, -0.15) is 0 Å². The number of rotatable bonds is 17. The number of aliphatic hydroxyl groups excluding tert-OH is 1. The van der Waals surface area contributed by atoms with Crippen LogP contribution < -0.4 is 5.32 Å². The summed E-state index contributed by atoms with van der Waals surface area (Å²) >= 11 is 0. The summed E-state index contributed by atoms with van der Waals surface area (Å²) in [6.45, 7) is 10.4. The Bertz CT molecular complexity index is 1030. The van der Waals surface area contributed by atoms with Crippen molar-refractivity contribution in [2.75, 3.05) is 26.2 Å². The zero-order valence-corrected chi connectivity index (χ0v) is 25.8. The highest BCUT2D eigenvalue weighted by molar-refractivity contribution is 5.98. The lowest BCUT2D eigenvalue weighted by molar-refractivity contribution is -0.159. The SMILES string of the molecule is C=CCCC(=O)NC[C@@H](C)OC(=O)[C@@H]1[C@H]2C(=O)N(CCCCCCO)[C@H](C(=O)N(CC=C)C3CCCCC3)[C@]23CC[C@H]1O3. The summed E-state index contributed by atoms with van der Waals surface area (Å²) < 4.78 is 12.4. The molecule has 2 N–H and O–H groups in total. The van der Waals surface area contributed by atoms with Crippen LogP contribution in [0.4, 0.5) is 0 Å². The van der Waals surface area contributed by atoms with Crippen molar-refractivity contribution in [2.24, 2.45) is 11.8 Å². The molecule has 0 aromatic rings. The van der Waals surface area contributed by atoms with Gasteiger partial charge in [-0.3, -0.25) is 19.2 Å². The molecule has 6 atom stereocenters. The second-order valence-corrected chi connectivity index (χ2v) is 12.7. The van der Waals surface area contributed by atoms with E-state index in [0.717, 1.165) is 44.9 Å². The molecule has 10 nitrogen and oxygen atoms in total. The van der Waals surface area contributed by atoms with E-state index in [9.17, 15) is 24.3 Å². The average Bonchev–Trinajstić information content (AvgIpc) is 3.65. The largest absolute Gasteiger partial charge is 0.460 e. The number of unbranched alkanes of at least 4 members (excludes halogenated alkanes) is 3. The van der Waals surface area contributed by atoms with Crippen LogP contribution in [0.1, 0.15) is 90.4 Å². The fourth-order valence-electron chi connectivity index (χ4n) is 7.69. The summed E-state index contributed by atoms with van der Waals surface area (Å²) in [5.74, 6) is -2.55. The summed E-state index contributed by atoms with van der Waals surface area (Å²) in [5, 5.41) is 12.0. The Morgan fingerprint density at radius 3 is 2.58 bits per heavy atom. The molecule has 4 rings (SSSR count). The quantitative estimate of drug-likeness (QED) is 0.149. The lowest BCUT2D eigenvalue weighted by Gasteiger charge is -2.40. The summed E-state index contributed by atoms with van der Waals surface area (Å²) in [6, 6.07) is -0.702. The van der Waals surface area contributed by atoms with Crippen LogP contribution >= 0.6 is 0 Å². The molecule has 43 heavy (non-hydrogen) atoms. The number of ether oxygens (including phenoxy) is 2. The van der Waals surface area contributed by atoms with E-state index in [1.807, 2.05) is 4.90 Å².